The Kier molecular flexibility index (Phi) is 4.70. The molecule has 1 amide bonds. The fraction of sp³-hybridized carbons (Fsp3) is 0.400. The number of nitrogens with two attached hydrogens (primary N) is 1. The molecule has 0 aliphatic rings. The van der Waals surface area contributed by atoms with E-state index in [2.05, 4.69) is 15.5 Å². The summed E-state index contributed by atoms with van der Waals surface area (Å²) in [6, 6.07) is 5.20. The molecule has 0 radical (unpaired) electrons. The van der Waals surface area contributed by atoms with Gasteiger partial charge in [0.25, 0.3) is 5.91 Å². The number of amides is 1. The summed E-state index contributed by atoms with van der Waals surface area (Å²) in [5.41, 5.74) is 6.84. The molecule has 0 unspecified atom stereocenters. The zero-order valence-electron chi connectivity index (χ0n) is 12.3. The highest BCUT2D eigenvalue weighted by molar-refractivity contribution is 5.93. The molecule has 0 aliphatic carbocycles. The normalized spacial score (nSPS) is 11.4. The lowest BCUT2D eigenvalue weighted by atomic mass is 9.94. The van der Waals surface area contributed by atoms with Crippen molar-refractivity contribution in [3.63, 3.8) is 0 Å². The highest BCUT2D eigenvalue weighted by Gasteiger charge is 2.22. The van der Waals surface area contributed by atoms with Crippen LogP contribution < -0.4 is 11.1 Å². The lowest BCUT2D eigenvalue weighted by Gasteiger charge is -2.26. The maximum absolute atomic E-state index is 12.1. The van der Waals surface area contributed by atoms with Crippen LogP contribution in [0.5, 0.6) is 0 Å². The molecule has 3 N–H and O–H groups in total. The maximum Gasteiger partial charge on any atom is 0.273 e. The molecule has 0 aromatic carbocycles. The summed E-state index contributed by atoms with van der Waals surface area (Å²) in [6.45, 7) is 4.43. The van der Waals surface area contributed by atoms with Gasteiger partial charge in [-0.25, -0.2) is 0 Å². The van der Waals surface area contributed by atoms with Gasteiger partial charge in [-0.3, -0.25) is 9.78 Å². The van der Waals surface area contributed by atoms with Crippen LogP contribution in [0.2, 0.25) is 0 Å². The quantitative estimate of drug-likeness (QED) is 0.847. The van der Waals surface area contributed by atoms with E-state index < -0.39 is 0 Å². The van der Waals surface area contributed by atoms with Crippen LogP contribution in [-0.4, -0.2) is 28.1 Å². The molecule has 0 atom stereocenters. The van der Waals surface area contributed by atoms with Gasteiger partial charge in [0.15, 0.2) is 11.5 Å². The number of rotatable bonds is 6. The van der Waals surface area contributed by atoms with Gasteiger partial charge in [-0.1, -0.05) is 19.0 Å². The molecule has 0 saturated heterocycles. The minimum Gasteiger partial charge on any atom is -0.355 e. The maximum atomic E-state index is 12.1. The van der Waals surface area contributed by atoms with Gasteiger partial charge in [0.2, 0.25) is 0 Å². The molecule has 0 bridgehead atoms. The summed E-state index contributed by atoms with van der Waals surface area (Å²) in [6.07, 6.45) is 4.90. The van der Waals surface area contributed by atoms with E-state index in [1.165, 1.54) is 0 Å². The van der Waals surface area contributed by atoms with Crippen molar-refractivity contribution in [2.75, 3.05) is 6.54 Å². The number of aromatic nitrogens is 2. The monoisotopic (exact) mass is 288 g/mol. The van der Waals surface area contributed by atoms with Gasteiger partial charge >= 0.3 is 0 Å². The van der Waals surface area contributed by atoms with E-state index in [9.17, 15) is 4.79 Å². The van der Waals surface area contributed by atoms with E-state index in [1.807, 2.05) is 13.8 Å². The van der Waals surface area contributed by atoms with Crippen LogP contribution in [0.4, 0.5) is 0 Å². The van der Waals surface area contributed by atoms with E-state index in [4.69, 9.17) is 10.3 Å². The first-order valence-electron chi connectivity index (χ1n) is 7.02. The molecule has 2 aromatic heterocycles. The van der Waals surface area contributed by atoms with Crippen molar-refractivity contribution in [3.05, 3.63) is 36.3 Å². The highest BCUT2D eigenvalue weighted by atomic mass is 16.5. The van der Waals surface area contributed by atoms with Gasteiger partial charge < -0.3 is 15.6 Å². The molecule has 112 valence electrons. The Hall–Kier alpha value is -2.21. The Bertz CT molecular complexity index is 591. The number of carbonyl (C=O) groups excluding carboxylic acids is 1. The fourth-order valence-corrected chi connectivity index (χ4v) is 1.88. The molecule has 21 heavy (non-hydrogen) atoms. The minimum atomic E-state index is -0.382. The molecular weight excluding hydrogens is 268 g/mol. The fourth-order valence-electron chi connectivity index (χ4n) is 1.88. The number of hydrogen-bond acceptors (Lipinski definition) is 5. The number of nitrogens with zero attached hydrogens (tertiary/aromatic N) is 2. The Labute approximate surface area is 123 Å². The Morgan fingerprint density at radius 1 is 1.33 bits per heavy atom. The summed E-state index contributed by atoms with van der Waals surface area (Å²) in [5.74, 6) is 0.253. The smallest absolute Gasteiger partial charge is 0.273 e. The molecule has 6 nitrogen and oxygen atoms in total. The molecule has 6 heteroatoms. The summed E-state index contributed by atoms with van der Waals surface area (Å²) >= 11 is 0. The van der Waals surface area contributed by atoms with Gasteiger partial charge in [0.05, 0.1) is 0 Å². The molecule has 0 fully saturated rings. The number of nitrogens with one attached hydrogen (secondary N) is 1. The second-order valence-electron chi connectivity index (χ2n) is 5.06. The van der Waals surface area contributed by atoms with Crippen LogP contribution in [0, 0.1) is 0 Å². The summed E-state index contributed by atoms with van der Waals surface area (Å²) in [7, 11) is 0. The lowest BCUT2D eigenvalue weighted by molar-refractivity contribution is 0.0933. The van der Waals surface area contributed by atoms with Crippen molar-refractivity contribution in [2.45, 2.75) is 32.2 Å². The van der Waals surface area contributed by atoms with Crippen molar-refractivity contribution in [1.29, 1.82) is 0 Å². The van der Waals surface area contributed by atoms with Crippen LogP contribution in [0.3, 0.4) is 0 Å². The largest absolute Gasteiger partial charge is 0.355 e. The second-order valence-corrected chi connectivity index (χ2v) is 5.06. The van der Waals surface area contributed by atoms with Crippen molar-refractivity contribution >= 4 is 5.91 Å². The molecule has 2 rings (SSSR count). The zero-order valence-corrected chi connectivity index (χ0v) is 12.3. The van der Waals surface area contributed by atoms with E-state index in [0.717, 1.165) is 18.4 Å². The van der Waals surface area contributed by atoms with Gasteiger partial charge in [-0.15, -0.1) is 0 Å². The Morgan fingerprint density at radius 3 is 2.62 bits per heavy atom. The Morgan fingerprint density at radius 2 is 2.00 bits per heavy atom. The summed E-state index contributed by atoms with van der Waals surface area (Å²) < 4.78 is 5.19. The number of pyridine rings is 1. The summed E-state index contributed by atoms with van der Waals surface area (Å²) in [5, 5.41) is 6.60. The summed E-state index contributed by atoms with van der Waals surface area (Å²) in [4.78, 5) is 16.0. The molecule has 0 spiro atoms. The van der Waals surface area contributed by atoms with E-state index >= 15 is 0 Å². The van der Waals surface area contributed by atoms with Crippen LogP contribution in [0.1, 0.15) is 37.2 Å². The van der Waals surface area contributed by atoms with Crippen molar-refractivity contribution in [2.24, 2.45) is 5.73 Å². The lowest BCUT2D eigenvalue weighted by Crippen LogP contribution is -2.49. The van der Waals surface area contributed by atoms with Gasteiger partial charge in [-0.2, -0.15) is 0 Å². The van der Waals surface area contributed by atoms with Crippen molar-refractivity contribution < 1.29 is 9.32 Å². The predicted octanol–water partition coefficient (Wildman–Crippen LogP) is 1.98. The van der Waals surface area contributed by atoms with Gasteiger partial charge in [-0.05, 0) is 25.0 Å². The average molecular weight is 288 g/mol. The SMILES string of the molecule is CCC(N)(CC)CNC(=O)c1cc(-c2ccncc2)on1. The number of carbonyl (C=O) groups is 1. The third kappa shape index (κ3) is 3.66. The molecular formula is C15H20N4O2. The van der Waals surface area contributed by atoms with Crippen molar-refractivity contribution in [1.82, 2.24) is 15.5 Å². The van der Waals surface area contributed by atoms with Gasteiger partial charge in [0.1, 0.15) is 0 Å². The standard InChI is InChI=1S/C15H20N4O2/c1-3-15(16,4-2)10-18-14(20)12-9-13(21-19-12)11-5-7-17-8-6-11/h5-9H,3-4,10,16H2,1-2H3,(H,18,20). The Balaban J connectivity index is 2.03. The highest BCUT2D eigenvalue weighted by Crippen LogP contribution is 2.19. The van der Waals surface area contributed by atoms with E-state index in [-0.39, 0.29) is 17.1 Å². The molecule has 2 aromatic rings. The molecule has 0 aliphatic heterocycles. The number of hydrogen-bond donors (Lipinski definition) is 2. The third-order valence-electron chi connectivity index (χ3n) is 3.72. The van der Waals surface area contributed by atoms with E-state index in [1.54, 1.807) is 30.6 Å². The average Bonchev–Trinajstić information content (AvgIpc) is 3.03. The van der Waals surface area contributed by atoms with Crippen LogP contribution in [0.25, 0.3) is 11.3 Å². The van der Waals surface area contributed by atoms with Crippen LogP contribution in [0.15, 0.2) is 35.1 Å². The first-order chi connectivity index (χ1) is 10.1. The zero-order chi connectivity index (χ0) is 15.3. The van der Waals surface area contributed by atoms with Crippen LogP contribution >= 0.6 is 0 Å². The van der Waals surface area contributed by atoms with E-state index in [0.29, 0.717) is 12.3 Å². The minimum absolute atomic E-state index is 0.247. The first-order valence-corrected chi connectivity index (χ1v) is 7.02. The first kappa shape index (κ1) is 15.2. The second kappa shape index (κ2) is 6.49. The van der Waals surface area contributed by atoms with Crippen LogP contribution in [-0.2, 0) is 0 Å². The van der Waals surface area contributed by atoms with Crippen molar-refractivity contribution in [3.8, 4) is 11.3 Å². The predicted molar refractivity (Wildman–Crippen MR) is 79.6 cm³/mol. The third-order valence-corrected chi connectivity index (χ3v) is 3.72. The molecule has 0 saturated carbocycles. The molecule has 2 heterocycles. The topological polar surface area (TPSA) is 94.0 Å². The van der Waals surface area contributed by atoms with Gasteiger partial charge in [0, 0.05) is 36.1 Å².